The highest BCUT2D eigenvalue weighted by Crippen LogP contribution is 2.12. The number of hydrogen-bond donors (Lipinski definition) is 2. The molecule has 0 aliphatic carbocycles. The lowest BCUT2D eigenvalue weighted by Gasteiger charge is -2.25. The monoisotopic (exact) mass is 392 g/mol. The van der Waals surface area contributed by atoms with E-state index in [1.54, 1.807) is 18.3 Å². The number of piperidine rings is 1. The molecule has 0 saturated carbocycles. The van der Waals surface area contributed by atoms with E-state index < -0.39 is 0 Å². The third-order valence-electron chi connectivity index (χ3n) is 4.96. The van der Waals surface area contributed by atoms with E-state index in [1.165, 1.54) is 19.3 Å². The average molecular weight is 393 g/mol. The zero-order valence-corrected chi connectivity index (χ0v) is 16.9. The molecule has 1 aliphatic heterocycles. The number of aryl methyl sites for hydroxylation is 1. The van der Waals surface area contributed by atoms with Crippen LogP contribution in [0.5, 0.6) is 0 Å². The van der Waals surface area contributed by atoms with Gasteiger partial charge in [0.05, 0.1) is 6.21 Å². The summed E-state index contributed by atoms with van der Waals surface area (Å²) >= 11 is 0. The van der Waals surface area contributed by atoms with Gasteiger partial charge < -0.3 is 10.2 Å². The number of carbonyl (C=O) groups excluding carboxylic acids is 2. The van der Waals surface area contributed by atoms with E-state index in [4.69, 9.17) is 0 Å². The maximum absolute atomic E-state index is 12.3. The van der Waals surface area contributed by atoms with Gasteiger partial charge in [-0.2, -0.15) is 5.10 Å². The van der Waals surface area contributed by atoms with Gasteiger partial charge in [-0.25, -0.2) is 5.43 Å². The minimum atomic E-state index is -0.162. The number of benzene rings is 2. The van der Waals surface area contributed by atoms with Crippen molar-refractivity contribution in [1.82, 2.24) is 10.3 Å². The van der Waals surface area contributed by atoms with Gasteiger partial charge in [-0.15, -0.1) is 0 Å². The van der Waals surface area contributed by atoms with Gasteiger partial charge in [-0.1, -0.05) is 36.2 Å². The van der Waals surface area contributed by atoms with Crippen LogP contribution in [0, 0.1) is 6.92 Å². The van der Waals surface area contributed by atoms with Crippen molar-refractivity contribution < 1.29 is 9.59 Å². The van der Waals surface area contributed by atoms with Crippen molar-refractivity contribution in [2.24, 2.45) is 5.10 Å². The van der Waals surface area contributed by atoms with Crippen LogP contribution in [-0.2, 0) is 4.79 Å². The number of anilines is 1. The molecule has 0 radical (unpaired) electrons. The zero-order valence-electron chi connectivity index (χ0n) is 16.9. The maximum Gasteiger partial charge on any atom is 0.255 e. The summed E-state index contributed by atoms with van der Waals surface area (Å²) < 4.78 is 0. The van der Waals surface area contributed by atoms with Gasteiger partial charge >= 0.3 is 0 Å². The van der Waals surface area contributed by atoms with Crippen molar-refractivity contribution in [3.05, 3.63) is 65.2 Å². The number of nitrogens with zero attached hydrogens (tertiary/aromatic N) is 2. The van der Waals surface area contributed by atoms with E-state index in [2.05, 4.69) is 20.7 Å². The molecule has 1 fully saturated rings. The summed E-state index contributed by atoms with van der Waals surface area (Å²) in [6.07, 6.45) is 5.76. The number of amides is 2. The first-order valence-corrected chi connectivity index (χ1v) is 10.1. The minimum Gasteiger partial charge on any atom is -0.322 e. The molecule has 3 rings (SSSR count). The molecule has 29 heavy (non-hydrogen) atoms. The summed E-state index contributed by atoms with van der Waals surface area (Å²) in [7, 11) is 0. The van der Waals surface area contributed by atoms with E-state index in [9.17, 15) is 9.59 Å². The largest absolute Gasteiger partial charge is 0.322 e. The molecule has 152 valence electrons. The minimum absolute atomic E-state index is 0.0874. The van der Waals surface area contributed by atoms with Crippen molar-refractivity contribution in [1.29, 1.82) is 0 Å². The van der Waals surface area contributed by atoms with E-state index >= 15 is 0 Å². The smallest absolute Gasteiger partial charge is 0.255 e. The maximum atomic E-state index is 12.3. The second-order valence-electron chi connectivity index (χ2n) is 7.39. The lowest BCUT2D eigenvalue weighted by molar-refractivity contribution is -0.121. The number of rotatable bonds is 7. The van der Waals surface area contributed by atoms with Crippen molar-refractivity contribution >= 4 is 23.7 Å². The number of hydrogen-bond acceptors (Lipinski definition) is 4. The lowest BCUT2D eigenvalue weighted by atomic mass is 10.1. The van der Waals surface area contributed by atoms with Crippen LogP contribution in [0.25, 0.3) is 0 Å². The fourth-order valence-electron chi connectivity index (χ4n) is 3.28. The highest BCUT2D eigenvalue weighted by atomic mass is 16.2. The fourth-order valence-corrected chi connectivity index (χ4v) is 3.28. The predicted octanol–water partition coefficient (Wildman–Crippen LogP) is 3.57. The molecule has 1 aliphatic rings. The first kappa shape index (κ1) is 20.7. The molecule has 2 aromatic carbocycles. The van der Waals surface area contributed by atoms with E-state index in [0.29, 0.717) is 17.7 Å². The summed E-state index contributed by atoms with van der Waals surface area (Å²) in [5.41, 5.74) is 5.77. The van der Waals surface area contributed by atoms with Crippen LogP contribution >= 0.6 is 0 Å². The normalized spacial score (nSPS) is 14.7. The molecular weight excluding hydrogens is 364 g/mol. The number of carbonyl (C=O) groups is 2. The fraction of sp³-hybridized carbons (Fsp3) is 0.348. The van der Waals surface area contributed by atoms with Crippen molar-refractivity contribution in [2.75, 3.05) is 25.0 Å². The first-order valence-electron chi connectivity index (χ1n) is 10.1. The van der Waals surface area contributed by atoms with E-state index in [1.807, 2.05) is 43.3 Å². The van der Waals surface area contributed by atoms with Gasteiger partial charge in [-0.05, 0) is 62.7 Å². The van der Waals surface area contributed by atoms with Crippen LogP contribution < -0.4 is 10.7 Å². The third kappa shape index (κ3) is 6.84. The Morgan fingerprint density at radius 3 is 2.59 bits per heavy atom. The molecule has 0 aromatic heterocycles. The quantitative estimate of drug-likeness (QED) is 0.559. The van der Waals surface area contributed by atoms with Crippen molar-refractivity contribution in [3.8, 4) is 0 Å². The molecule has 6 heteroatoms. The molecule has 0 unspecified atom stereocenters. The zero-order chi connectivity index (χ0) is 20.5. The van der Waals surface area contributed by atoms with Crippen LogP contribution in [0.1, 0.15) is 47.2 Å². The third-order valence-corrected chi connectivity index (χ3v) is 4.96. The van der Waals surface area contributed by atoms with Gasteiger partial charge in [0.25, 0.3) is 5.91 Å². The Balaban J connectivity index is 1.47. The number of likely N-dealkylation sites (tertiary alicyclic amines) is 1. The molecule has 1 heterocycles. The molecule has 0 bridgehead atoms. The first-order chi connectivity index (χ1) is 14.1. The molecule has 2 amide bonds. The summed E-state index contributed by atoms with van der Waals surface area (Å²) in [6.45, 7) is 4.92. The number of nitrogens with one attached hydrogen (secondary N) is 2. The van der Waals surface area contributed by atoms with Crippen LogP contribution in [0.3, 0.4) is 0 Å². The Morgan fingerprint density at radius 2 is 1.83 bits per heavy atom. The predicted molar refractivity (Wildman–Crippen MR) is 116 cm³/mol. The Labute approximate surface area is 172 Å². The number of hydrazone groups is 1. The van der Waals surface area contributed by atoms with E-state index in [-0.39, 0.29) is 11.8 Å². The van der Waals surface area contributed by atoms with Gasteiger partial charge in [0.1, 0.15) is 0 Å². The van der Waals surface area contributed by atoms with Gasteiger partial charge in [0.15, 0.2) is 0 Å². The molecule has 2 aromatic rings. The van der Waals surface area contributed by atoms with Crippen molar-refractivity contribution in [3.63, 3.8) is 0 Å². The Bertz CT molecular complexity index is 855. The molecule has 1 saturated heterocycles. The van der Waals surface area contributed by atoms with Crippen LogP contribution in [0.2, 0.25) is 0 Å². The van der Waals surface area contributed by atoms with Crippen LogP contribution in [-0.4, -0.2) is 42.6 Å². The molecule has 2 N–H and O–H groups in total. The van der Waals surface area contributed by atoms with Crippen LogP contribution in [0.15, 0.2) is 53.6 Å². The SMILES string of the molecule is Cc1ccc(C(=O)Nc2cccc(/C=N/NC(=O)CCN3CCCCC3)c2)cc1. The summed E-state index contributed by atoms with van der Waals surface area (Å²) in [5, 5.41) is 6.92. The molecule has 0 spiro atoms. The van der Waals surface area contributed by atoms with Gasteiger partial charge in [-0.3, -0.25) is 9.59 Å². The van der Waals surface area contributed by atoms with E-state index in [0.717, 1.165) is 30.8 Å². The van der Waals surface area contributed by atoms with Crippen molar-refractivity contribution in [2.45, 2.75) is 32.6 Å². The lowest BCUT2D eigenvalue weighted by Crippen LogP contribution is -2.33. The van der Waals surface area contributed by atoms with Crippen LogP contribution in [0.4, 0.5) is 5.69 Å². The molecule has 0 atom stereocenters. The van der Waals surface area contributed by atoms with Gasteiger partial charge in [0, 0.05) is 24.2 Å². The van der Waals surface area contributed by atoms with Gasteiger partial charge in [0.2, 0.25) is 5.91 Å². The average Bonchev–Trinajstić information content (AvgIpc) is 2.74. The standard InChI is InChI=1S/C23H28N4O2/c1-18-8-10-20(11-9-18)23(29)25-21-7-5-6-19(16-21)17-24-26-22(28)12-15-27-13-3-2-4-14-27/h5-11,16-17H,2-4,12-15H2,1H3,(H,25,29)(H,26,28)/b24-17+. The summed E-state index contributed by atoms with van der Waals surface area (Å²) in [6, 6.07) is 14.8. The molecule has 6 nitrogen and oxygen atoms in total. The summed E-state index contributed by atoms with van der Waals surface area (Å²) in [4.78, 5) is 26.6. The second-order valence-corrected chi connectivity index (χ2v) is 7.39. The highest BCUT2D eigenvalue weighted by molar-refractivity contribution is 6.04. The Morgan fingerprint density at radius 1 is 1.07 bits per heavy atom. The highest BCUT2D eigenvalue weighted by Gasteiger charge is 2.11. The second kappa shape index (κ2) is 10.5. The Kier molecular flexibility index (Phi) is 7.53. The molecular formula is C23H28N4O2. The Hall–Kier alpha value is -2.99. The topological polar surface area (TPSA) is 73.8 Å². The summed E-state index contributed by atoms with van der Waals surface area (Å²) in [5.74, 6) is -0.249.